The zero-order chi connectivity index (χ0) is 17.6. The molecule has 1 N–H and O–H groups in total. The van der Waals surface area contributed by atoms with Crippen LogP contribution in [0.1, 0.15) is 15.9 Å². The van der Waals surface area contributed by atoms with Crippen LogP contribution in [-0.4, -0.2) is 41.0 Å². The summed E-state index contributed by atoms with van der Waals surface area (Å²) < 4.78 is 41.9. The summed E-state index contributed by atoms with van der Waals surface area (Å²) in [5, 5.41) is 5.60. The highest BCUT2D eigenvalue weighted by atomic mass is 19.4. The van der Waals surface area contributed by atoms with Crippen LogP contribution < -0.4 is 5.32 Å². The van der Waals surface area contributed by atoms with Crippen LogP contribution in [0.3, 0.4) is 0 Å². The Labute approximate surface area is 135 Å². The van der Waals surface area contributed by atoms with Crippen molar-refractivity contribution in [2.45, 2.75) is 12.7 Å². The van der Waals surface area contributed by atoms with E-state index < -0.39 is 31.2 Å². The van der Waals surface area contributed by atoms with Crippen LogP contribution >= 0.6 is 0 Å². The molecule has 0 aliphatic carbocycles. The molecule has 0 saturated heterocycles. The maximum absolute atomic E-state index is 11.9. The number of nitrogens with one attached hydrogen (secondary N) is 1. The lowest BCUT2D eigenvalue weighted by molar-refractivity contribution is -0.140. The van der Waals surface area contributed by atoms with E-state index in [1.54, 1.807) is 5.32 Å². The van der Waals surface area contributed by atoms with Crippen molar-refractivity contribution >= 4 is 11.9 Å². The van der Waals surface area contributed by atoms with Crippen LogP contribution in [0.2, 0.25) is 0 Å². The van der Waals surface area contributed by atoms with Crippen molar-refractivity contribution in [2.75, 3.05) is 13.2 Å². The van der Waals surface area contributed by atoms with Gasteiger partial charge in [-0.05, 0) is 5.56 Å². The number of alkyl halides is 3. The normalized spacial score (nSPS) is 11.1. The quantitative estimate of drug-likeness (QED) is 0.813. The molecule has 0 unspecified atom stereocenters. The minimum atomic E-state index is -4.52. The van der Waals surface area contributed by atoms with Gasteiger partial charge in [0, 0.05) is 6.20 Å². The molecule has 0 atom stereocenters. The third-order valence-corrected chi connectivity index (χ3v) is 2.88. The van der Waals surface area contributed by atoms with Crippen molar-refractivity contribution in [1.29, 1.82) is 0 Å². The topological polar surface area (TPSA) is 73.2 Å². The average molecular weight is 341 g/mol. The Kier molecular flexibility index (Phi) is 5.56. The van der Waals surface area contributed by atoms with Gasteiger partial charge in [0.05, 0.1) is 18.3 Å². The van der Waals surface area contributed by atoms with Crippen molar-refractivity contribution in [2.24, 2.45) is 0 Å². The number of ether oxygens (including phenoxy) is 1. The van der Waals surface area contributed by atoms with E-state index in [4.69, 9.17) is 0 Å². The van der Waals surface area contributed by atoms with Gasteiger partial charge in [-0.25, -0.2) is 4.79 Å². The highest BCUT2D eigenvalue weighted by molar-refractivity contribution is 5.90. The predicted molar refractivity (Wildman–Crippen MR) is 77.1 cm³/mol. The first-order valence-corrected chi connectivity index (χ1v) is 6.90. The summed E-state index contributed by atoms with van der Waals surface area (Å²) in [5.74, 6) is -1.87. The molecular weight excluding hydrogens is 327 g/mol. The van der Waals surface area contributed by atoms with E-state index in [9.17, 15) is 22.8 Å². The summed E-state index contributed by atoms with van der Waals surface area (Å²) in [4.78, 5) is 22.9. The van der Waals surface area contributed by atoms with Gasteiger partial charge in [0.15, 0.2) is 6.61 Å². The van der Waals surface area contributed by atoms with Gasteiger partial charge in [-0.2, -0.15) is 18.3 Å². The summed E-state index contributed by atoms with van der Waals surface area (Å²) in [6.07, 6.45) is -1.82. The molecule has 9 heteroatoms. The smallest absolute Gasteiger partial charge is 0.405 e. The lowest BCUT2D eigenvalue weighted by atomic mass is 10.2. The van der Waals surface area contributed by atoms with Crippen LogP contribution in [0, 0.1) is 0 Å². The number of rotatable bonds is 6. The van der Waals surface area contributed by atoms with Gasteiger partial charge in [0.2, 0.25) is 0 Å². The van der Waals surface area contributed by atoms with E-state index in [0.29, 0.717) is 6.54 Å². The largest absolute Gasteiger partial charge is 0.452 e. The molecule has 0 aliphatic heterocycles. The number of carbonyl (C=O) groups excluding carboxylic acids is 2. The predicted octanol–water partition coefficient (Wildman–Crippen LogP) is 1.77. The molecule has 0 saturated carbocycles. The van der Waals surface area contributed by atoms with Crippen LogP contribution in [0.4, 0.5) is 13.2 Å². The maximum atomic E-state index is 11.9. The molecule has 0 radical (unpaired) electrons. The van der Waals surface area contributed by atoms with Gasteiger partial charge >= 0.3 is 12.1 Å². The van der Waals surface area contributed by atoms with Gasteiger partial charge in [0.25, 0.3) is 5.91 Å². The van der Waals surface area contributed by atoms with Crippen molar-refractivity contribution in [3.8, 4) is 0 Å². The van der Waals surface area contributed by atoms with Crippen molar-refractivity contribution < 1.29 is 27.5 Å². The van der Waals surface area contributed by atoms with Gasteiger partial charge in [-0.3, -0.25) is 9.48 Å². The Hall–Kier alpha value is -2.84. The number of nitrogens with zero attached hydrogens (tertiary/aromatic N) is 2. The van der Waals surface area contributed by atoms with Gasteiger partial charge in [-0.15, -0.1) is 0 Å². The van der Waals surface area contributed by atoms with E-state index in [1.165, 1.54) is 17.1 Å². The minimum absolute atomic E-state index is 0.106. The summed E-state index contributed by atoms with van der Waals surface area (Å²) >= 11 is 0. The third-order valence-electron chi connectivity index (χ3n) is 2.88. The number of hydrogen-bond acceptors (Lipinski definition) is 4. The van der Waals surface area contributed by atoms with E-state index in [0.717, 1.165) is 5.56 Å². The highest BCUT2D eigenvalue weighted by Gasteiger charge is 2.27. The van der Waals surface area contributed by atoms with Crippen LogP contribution in [0.15, 0.2) is 42.7 Å². The number of carbonyl (C=O) groups is 2. The number of amides is 1. The van der Waals surface area contributed by atoms with Crippen LogP contribution in [-0.2, 0) is 16.1 Å². The molecule has 2 aromatic rings. The van der Waals surface area contributed by atoms with E-state index in [2.05, 4.69) is 9.84 Å². The van der Waals surface area contributed by atoms with Crippen LogP contribution in [0.25, 0.3) is 0 Å². The number of aromatic nitrogens is 2. The number of esters is 1. The molecular formula is C15H14F3N3O3. The van der Waals surface area contributed by atoms with E-state index >= 15 is 0 Å². The van der Waals surface area contributed by atoms with Gasteiger partial charge < -0.3 is 10.1 Å². The van der Waals surface area contributed by atoms with E-state index in [1.807, 2.05) is 30.3 Å². The summed E-state index contributed by atoms with van der Waals surface area (Å²) in [6.45, 7) is -1.82. The van der Waals surface area contributed by atoms with E-state index in [-0.39, 0.29) is 5.56 Å². The van der Waals surface area contributed by atoms with Crippen LogP contribution in [0.5, 0.6) is 0 Å². The SMILES string of the molecule is O=C(COC(=O)c1cnn(Cc2ccccc2)c1)NCC(F)(F)F. The molecule has 2 rings (SSSR count). The Balaban J connectivity index is 1.82. The zero-order valence-electron chi connectivity index (χ0n) is 12.4. The Morgan fingerprint density at radius 3 is 2.58 bits per heavy atom. The average Bonchev–Trinajstić information content (AvgIpc) is 2.99. The second-order valence-electron chi connectivity index (χ2n) is 4.88. The molecule has 6 nitrogen and oxygen atoms in total. The Morgan fingerprint density at radius 1 is 1.21 bits per heavy atom. The number of benzene rings is 1. The molecule has 1 heterocycles. The van der Waals surface area contributed by atoms with Crippen molar-refractivity contribution in [1.82, 2.24) is 15.1 Å². The molecule has 0 fully saturated rings. The third kappa shape index (κ3) is 5.75. The first kappa shape index (κ1) is 17.5. The first-order valence-electron chi connectivity index (χ1n) is 6.90. The molecule has 128 valence electrons. The maximum Gasteiger partial charge on any atom is 0.405 e. The fourth-order valence-electron chi connectivity index (χ4n) is 1.79. The molecule has 0 spiro atoms. The monoisotopic (exact) mass is 341 g/mol. The molecule has 1 amide bonds. The zero-order valence-corrected chi connectivity index (χ0v) is 12.4. The standard InChI is InChI=1S/C15H14F3N3O3/c16-15(17,18)10-19-13(22)9-24-14(23)12-6-20-21(8-12)7-11-4-2-1-3-5-11/h1-6,8H,7,9-10H2,(H,19,22). The molecule has 1 aromatic heterocycles. The molecule has 0 bridgehead atoms. The number of hydrogen-bond donors (Lipinski definition) is 1. The fraction of sp³-hybridized carbons (Fsp3) is 0.267. The molecule has 24 heavy (non-hydrogen) atoms. The summed E-state index contributed by atoms with van der Waals surface area (Å²) in [5.41, 5.74) is 1.08. The number of halogens is 3. The highest BCUT2D eigenvalue weighted by Crippen LogP contribution is 2.12. The fourth-order valence-corrected chi connectivity index (χ4v) is 1.79. The minimum Gasteiger partial charge on any atom is -0.452 e. The molecule has 0 aliphatic rings. The Bertz CT molecular complexity index is 699. The van der Waals surface area contributed by atoms with Crippen molar-refractivity contribution in [3.05, 3.63) is 53.9 Å². The second-order valence-corrected chi connectivity index (χ2v) is 4.88. The van der Waals surface area contributed by atoms with Gasteiger partial charge in [0.1, 0.15) is 6.54 Å². The Morgan fingerprint density at radius 2 is 1.92 bits per heavy atom. The summed E-state index contributed by atoms with van der Waals surface area (Å²) in [6, 6.07) is 9.40. The summed E-state index contributed by atoms with van der Waals surface area (Å²) in [7, 11) is 0. The molecule has 1 aromatic carbocycles. The lowest BCUT2D eigenvalue weighted by Gasteiger charge is -2.08. The first-order chi connectivity index (χ1) is 11.3. The second kappa shape index (κ2) is 7.62. The lowest BCUT2D eigenvalue weighted by Crippen LogP contribution is -2.36. The van der Waals surface area contributed by atoms with Gasteiger partial charge in [-0.1, -0.05) is 30.3 Å². The van der Waals surface area contributed by atoms with Crippen molar-refractivity contribution in [3.63, 3.8) is 0 Å².